The van der Waals surface area contributed by atoms with Gasteiger partial charge in [-0.1, -0.05) is 19.1 Å². The average molecular weight is 264 g/mol. The summed E-state index contributed by atoms with van der Waals surface area (Å²) in [5.41, 5.74) is 2.68. The molecule has 0 aromatic heterocycles. The van der Waals surface area contributed by atoms with E-state index in [1.165, 1.54) is 17.5 Å². The van der Waals surface area contributed by atoms with Gasteiger partial charge in [0.2, 0.25) is 0 Å². The summed E-state index contributed by atoms with van der Waals surface area (Å²) in [6.07, 6.45) is 3.36. The molecule has 1 rings (SSSR count). The lowest BCUT2D eigenvalue weighted by Crippen LogP contribution is -2.22. The van der Waals surface area contributed by atoms with Crippen LogP contribution in [-0.2, 0) is 6.42 Å². The fourth-order valence-electron chi connectivity index (χ4n) is 2.43. The first kappa shape index (κ1) is 16.0. The molecule has 0 radical (unpaired) electrons. The SMILES string of the molecule is CCc1ccc(OC)c(C(CCCNC)N(C)C)c1. The molecule has 0 bridgehead atoms. The van der Waals surface area contributed by atoms with Crippen LogP contribution in [-0.4, -0.2) is 39.7 Å². The van der Waals surface area contributed by atoms with Gasteiger partial charge in [-0.3, -0.25) is 0 Å². The van der Waals surface area contributed by atoms with Gasteiger partial charge in [-0.2, -0.15) is 0 Å². The van der Waals surface area contributed by atoms with Crippen molar-refractivity contribution < 1.29 is 4.74 Å². The van der Waals surface area contributed by atoms with Gasteiger partial charge in [0, 0.05) is 11.6 Å². The van der Waals surface area contributed by atoms with Crippen molar-refractivity contribution in [2.24, 2.45) is 0 Å². The first-order valence-corrected chi connectivity index (χ1v) is 7.11. The number of methoxy groups -OCH3 is 1. The van der Waals surface area contributed by atoms with Gasteiger partial charge in [0.05, 0.1) is 7.11 Å². The minimum Gasteiger partial charge on any atom is -0.496 e. The Balaban J connectivity index is 2.98. The van der Waals surface area contributed by atoms with E-state index in [0.717, 1.165) is 25.1 Å². The van der Waals surface area contributed by atoms with Crippen LogP contribution in [0, 0.1) is 0 Å². The highest BCUT2D eigenvalue weighted by atomic mass is 16.5. The molecule has 1 aromatic rings. The molecule has 0 spiro atoms. The second kappa shape index (κ2) is 8.18. The van der Waals surface area contributed by atoms with Crippen LogP contribution in [0.1, 0.15) is 36.9 Å². The second-order valence-electron chi connectivity index (χ2n) is 5.16. The molecule has 1 atom stereocenters. The Morgan fingerprint density at radius 1 is 1.32 bits per heavy atom. The van der Waals surface area contributed by atoms with Crippen LogP contribution in [0.15, 0.2) is 18.2 Å². The maximum Gasteiger partial charge on any atom is 0.123 e. The Morgan fingerprint density at radius 2 is 2.05 bits per heavy atom. The van der Waals surface area contributed by atoms with E-state index in [0.29, 0.717) is 6.04 Å². The summed E-state index contributed by atoms with van der Waals surface area (Å²) in [6.45, 7) is 3.25. The van der Waals surface area contributed by atoms with E-state index in [-0.39, 0.29) is 0 Å². The van der Waals surface area contributed by atoms with Crippen LogP contribution in [0.5, 0.6) is 5.75 Å². The minimum absolute atomic E-state index is 0.412. The molecule has 19 heavy (non-hydrogen) atoms. The molecule has 0 fully saturated rings. The van der Waals surface area contributed by atoms with Gasteiger partial charge in [-0.15, -0.1) is 0 Å². The number of hydrogen-bond donors (Lipinski definition) is 1. The maximum absolute atomic E-state index is 5.54. The van der Waals surface area contributed by atoms with Crippen molar-refractivity contribution >= 4 is 0 Å². The summed E-state index contributed by atoms with van der Waals surface area (Å²) in [7, 11) is 8.04. The number of nitrogens with zero attached hydrogens (tertiary/aromatic N) is 1. The van der Waals surface area contributed by atoms with Crippen molar-refractivity contribution in [2.45, 2.75) is 32.2 Å². The van der Waals surface area contributed by atoms with Gasteiger partial charge in [0.25, 0.3) is 0 Å². The third-order valence-corrected chi connectivity index (χ3v) is 3.59. The number of nitrogens with one attached hydrogen (secondary N) is 1. The van der Waals surface area contributed by atoms with Crippen LogP contribution in [0.2, 0.25) is 0 Å². The summed E-state index contributed by atoms with van der Waals surface area (Å²) in [5, 5.41) is 3.21. The summed E-state index contributed by atoms with van der Waals surface area (Å²) >= 11 is 0. The smallest absolute Gasteiger partial charge is 0.123 e. The van der Waals surface area contributed by atoms with Crippen molar-refractivity contribution in [3.05, 3.63) is 29.3 Å². The van der Waals surface area contributed by atoms with Crippen molar-refractivity contribution in [1.82, 2.24) is 10.2 Å². The predicted octanol–water partition coefficient (Wildman–Crippen LogP) is 2.86. The van der Waals surface area contributed by atoms with Crippen molar-refractivity contribution in [1.29, 1.82) is 0 Å². The fraction of sp³-hybridized carbons (Fsp3) is 0.625. The highest BCUT2D eigenvalue weighted by Crippen LogP contribution is 2.32. The number of rotatable bonds is 8. The van der Waals surface area contributed by atoms with Crippen LogP contribution in [0.3, 0.4) is 0 Å². The van der Waals surface area contributed by atoms with Crippen molar-refractivity contribution in [3.63, 3.8) is 0 Å². The fourth-order valence-corrected chi connectivity index (χ4v) is 2.43. The van der Waals surface area contributed by atoms with E-state index < -0.39 is 0 Å². The standard InChI is InChI=1S/C16H28N2O/c1-6-13-9-10-16(19-5)14(12-13)15(18(3)4)8-7-11-17-2/h9-10,12,15,17H,6-8,11H2,1-5H3. The topological polar surface area (TPSA) is 24.5 Å². The predicted molar refractivity (Wildman–Crippen MR) is 82.0 cm³/mol. The normalized spacial score (nSPS) is 12.7. The summed E-state index contributed by atoms with van der Waals surface area (Å²) in [4.78, 5) is 2.28. The quantitative estimate of drug-likeness (QED) is 0.731. The van der Waals surface area contributed by atoms with E-state index in [4.69, 9.17) is 4.74 Å². The zero-order valence-electron chi connectivity index (χ0n) is 13.0. The molecule has 1 N–H and O–H groups in total. The number of aryl methyl sites for hydroxylation is 1. The highest BCUT2D eigenvalue weighted by Gasteiger charge is 2.18. The minimum atomic E-state index is 0.412. The van der Waals surface area contributed by atoms with Gasteiger partial charge in [-0.05, 0) is 58.6 Å². The first-order valence-electron chi connectivity index (χ1n) is 7.11. The number of ether oxygens (including phenoxy) is 1. The largest absolute Gasteiger partial charge is 0.496 e. The molecule has 1 unspecified atom stereocenters. The first-order chi connectivity index (χ1) is 9.13. The molecule has 0 aliphatic carbocycles. The summed E-state index contributed by atoms with van der Waals surface area (Å²) in [6, 6.07) is 6.96. The van der Waals surface area contributed by atoms with Gasteiger partial charge in [-0.25, -0.2) is 0 Å². The Labute approximate surface area is 118 Å². The number of benzene rings is 1. The van der Waals surface area contributed by atoms with Crippen LogP contribution in [0.25, 0.3) is 0 Å². The molecule has 3 nitrogen and oxygen atoms in total. The van der Waals surface area contributed by atoms with E-state index in [2.05, 4.69) is 49.4 Å². The summed E-state index contributed by atoms with van der Waals surface area (Å²) in [5.74, 6) is 1.00. The van der Waals surface area contributed by atoms with E-state index >= 15 is 0 Å². The monoisotopic (exact) mass is 264 g/mol. The molecular formula is C16H28N2O. The Kier molecular flexibility index (Phi) is 6.89. The van der Waals surface area contributed by atoms with Gasteiger partial charge in [0.1, 0.15) is 5.75 Å². The van der Waals surface area contributed by atoms with Gasteiger partial charge >= 0.3 is 0 Å². The Hall–Kier alpha value is -1.06. The Morgan fingerprint density at radius 3 is 2.58 bits per heavy atom. The van der Waals surface area contributed by atoms with E-state index in [1.54, 1.807) is 7.11 Å². The third-order valence-electron chi connectivity index (χ3n) is 3.59. The van der Waals surface area contributed by atoms with E-state index in [9.17, 15) is 0 Å². The highest BCUT2D eigenvalue weighted by molar-refractivity contribution is 5.39. The van der Waals surface area contributed by atoms with Crippen LogP contribution >= 0.6 is 0 Å². The van der Waals surface area contributed by atoms with Gasteiger partial charge < -0.3 is 15.0 Å². The van der Waals surface area contributed by atoms with Crippen LogP contribution in [0.4, 0.5) is 0 Å². The Bertz CT molecular complexity index is 377. The molecule has 0 aliphatic heterocycles. The lowest BCUT2D eigenvalue weighted by atomic mass is 9.97. The average Bonchev–Trinajstić information content (AvgIpc) is 2.42. The molecule has 1 aromatic carbocycles. The molecular weight excluding hydrogens is 236 g/mol. The molecule has 0 saturated heterocycles. The summed E-state index contributed by atoms with van der Waals surface area (Å²) < 4.78 is 5.54. The van der Waals surface area contributed by atoms with Gasteiger partial charge in [0.15, 0.2) is 0 Å². The molecule has 0 heterocycles. The van der Waals surface area contributed by atoms with Crippen molar-refractivity contribution in [2.75, 3.05) is 34.8 Å². The second-order valence-corrected chi connectivity index (χ2v) is 5.16. The molecule has 0 saturated carbocycles. The lowest BCUT2D eigenvalue weighted by molar-refractivity contribution is 0.270. The van der Waals surface area contributed by atoms with E-state index in [1.807, 2.05) is 7.05 Å². The van der Waals surface area contributed by atoms with Crippen LogP contribution < -0.4 is 10.1 Å². The van der Waals surface area contributed by atoms with Crippen molar-refractivity contribution in [3.8, 4) is 5.75 Å². The maximum atomic E-state index is 5.54. The zero-order valence-corrected chi connectivity index (χ0v) is 13.0. The molecule has 0 amide bonds. The molecule has 0 aliphatic rings. The zero-order chi connectivity index (χ0) is 14.3. The molecule has 108 valence electrons. The molecule has 3 heteroatoms. The lowest BCUT2D eigenvalue weighted by Gasteiger charge is -2.27. The third kappa shape index (κ3) is 4.51. The number of hydrogen-bond acceptors (Lipinski definition) is 3.